The molecule has 12 heteroatoms. The normalized spacial score (nSPS) is 15.7. The highest BCUT2D eigenvalue weighted by atomic mass is 35.5. The summed E-state index contributed by atoms with van der Waals surface area (Å²) in [6.45, 7) is 0.0920. The quantitative estimate of drug-likeness (QED) is 0.619. The molecular formula is C18H15ClF3N5O3. The number of oxime groups is 1. The number of hydrogen-bond acceptors (Lipinski definition) is 6. The maximum absolute atomic E-state index is 12.6. The topological polar surface area (TPSA) is 105 Å². The predicted octanol–water partition coefficient (Wildman–Crippen LogP) is 2.77. The van der Waals surface area contributed by atoms with Crippen molar-refractivity contribution < 1.29 is 27.6 Å². The first-order chi connectivity index (χ1) is 14.2. The summed E-state index contributed by atoms with van der Waals surface area (Å²) in [5.74, 6) is -1.10. The van der Waals surface area contributed by atoms with Crippen molar-refractivity contribution >= 4 is 34.9 Å². The molecule has 1 aliphatic heterocycles. The first kappa shape index (κ1) is 21.4. The summed E-state index contributed by atoms with van der Waals surface area (Å²) < 4.78 is 37.9. The average Bonchev–Trinajstić information content (AvgIpc) is 3.20. The zero-order chi connectivity index (χ0) is 21.7. The lowest BCUT2D eigenvalue weighted by Crippen LogP contribution is -2.44. The Balaban J connectivity index is 1.46. The van der Waals surface area contributed by atoms with E-state index in [1.54, 1.807) is 30.3 Å². The largest absolute Gasteiger partial charge is 0.417 e. The van der Waals surface area contributed by atoms with Crippen molar-refractivity contribution in [2.24, 2.45) is 5.16 Å². The summed E-state index contributed by atoms with van der Waals surface area (Å²) in [7, 11) is 0. The van der Waals surface area contributed by atoms with Crippen molar-refractivity contribution in [2.75, 3.05) is 11.9 Å². The minimum Gasteiger partial charge on any atom is -0.390 e. The molecule has 0 saturated carbocycles. The molecule has 3 rings (SSSR count). The monoisotopic (exact) mass is 441 g/mol. The number of rotatable bonds is 5. The van der Waals surface area contributed by atoms with Gasteiger partial charge >= 0.3 is 6.18 Å². The molecular weight excluding hydrogens is 427 g/mol. The maximum atomic E-state index is 12.6. The molecule has 8 nitrogen and oxygen atoms in total. The highest BCUT2D eigenvalue weighted by Crippen LogP contribution is 2.32. The number of anilines is 1. The molecule has 0 saturated heterocycles. The van der Waals surface area contributed by atoms with Crippen LogP contribution in [-0.2, 0) is 15.8 Å². The summed E-state index contributed by atoms with van der Waals surface area (Å²) in [5.41, 5.74) is 3.95. The van der Waals surface area contributed by atoms with Crippen LogP contribution in [0.25, 0.3) is 0 Å². The minimum atomic E-state index is -4.55. The van der Waals surface area contributed by atoms with Crippen LogP contribution in [-0.4, -0.2) is 35.2 Å². The highest BCUT2D eigenvalue weighted by molar-refractivity contribution is 6.39. The Morgan fingerprint density at radius 3 is 2.53 bits per heavy atom. The number of amides is 2. The SMILES string of the molecule is O=C(NNC(=O)c1ccccc1)C1=NO[C@@H](CNc2ncc(C(F)(F)F)cc2Cl)C1. The van der Waals surface area contributed by atoms with Crippen LogP contribution in [0.2, 0.25) is 5.02 Å². The Hall–Kier alpha value is -3.34. The third kappa shape index (κ3) is 5.38. The fraction of sp³-hybridized carbons (Fsp3) is 0.222. The number of halogens is 4. The predicted molar refractivity (Wildman–Crippen MR) is 102 cm³/mol. The van der Waals surface area contributed by atoms with Gasteiger partial charge in [-0.05, 0) is 18.2 Å². The summed E-state index contributed by atoms with van der Waals surface area (Å²) in [6.07, 6.45) is -4.35. The van der Waals surface area contributed by atoms with E-state index in [1.807, 2.05) is 0 Å². The standard InChI is InChI=1S/C18H15ClF3N5O3/c19-13-6-11(18(20,21)22)8-23-15(13)24-9-12-7-14(27-30-12)17(29)26-25-16(28)10-4-2-1-3-5-10/h1-6,8,12H,7,9H2,(H,23,24)(H,25,28)(H,26,29)/t12-/m1/s1. The minimum absolute atomic E-state index is 0.0429. The van der Waals surface area contributed by atoms with Gasteiger partial charge in [0.05, 0.1) is 17.1 Å². The molecule has 1 aromatic heterocycles. The van der Waals surface area contributed by atoms with E-state index >= 15 is 0 Å². The lowest BCUT2D eigenvalue weighted by Gasteiger charge is -2.13. The van der Waals surface area contributed by atoms with Gasteiger partial charge in [0.15, 0.2) is 6.10 Å². The van der Waals surface area contributed by atoms with E-state index < -0.39 is 29.7 Å². The van der Waals surface area contributed by atoms with Crippen molar-refractivity contribution in [2.45, 2.75) is 18.7 Å². The number of hydrogen-bond donors (Lipinski definition) is 3. The molecule has 2 amide bonds. The van der Waals surface area contributed by atoms with E-state index in [2.05, 4.69) is 26.3 Å². The number of nitrogens with one attached hydrogen (secondary N) is 3. The van der Waals surface area contributed by atoms with Crippen molar-refractivity contribution in [3.8, 4) is 0 Å². The first-order valence-electron chi connectivity index (χ1n) is 8.59. The second kappa shape index (κ2) is 8.99. The van der Waals surface area contributed by atoms with Gasteiger partial charge in [0, 0.05) is 18.2 Å². The van der Waals surface area contributed by atoms with Gasteiger partial charge in [0.1, 0.15) is 11.5 Å². The van der Waals surface area contributed by atoms with Crippen LogP contribution in [0.5, 0.6) is 0 Å². The van der Waals surface area contributed by atoms with E-state index in [-0.39, 0.29) is 29.5 Å². The van der Waals surface area contributed by atoms with Gasteiger partial charge in [-0.3, -0.25) is 20.4 Å². The molecule has 158 valence electrons. The average molecular weight is 442 g/mol. The molecule has 0 fully saturated rings. The van der Waals surface area contributed by atoms with Crippen molar-refractivity contribution in [1.29, 1.82) is 0 Å². The van der Waals surface area contributed by atoms with Crippen molar-refractivity contribution in [3.05, 3.63) is 58.7 Å². The lowest BCUT2D eigenvalue weighted by molar-refractivity contribution is -0.137. The Morgan fingerprint density at radius 2 is 1.87 bits per heavy atom. The number of nitrogens with zero attached hydrogens (tertiary/aromatic N) is 2. The second-order valence-corrected chi connectivity index (χ2v) is 6.58. The Morgan fingerprint density at radius 1 is 1.17 bits per heavy atom. The maximum Gasteiger partial charge on any atom is 0.417 e. The molecule has 0 radical (unpaired) electrons. The first-order valence-corrected chi connectivity index (χ1v) is 8.97. The third-order valence-corrected chi connectivity index (χ3v) is 4.27. The van der Waals surface area contributed by atoms with E-state index in [0.717, 1.165) is 6.07 Å². The van der Waals surface area contributed by atoms with Gasteiger partial charge in [-0.25, -0.2) is 4.98 Å². The molecule has 0 aliphatic carbocycles. The number of alkyl halides is 3. The van der Waals surface area contributed by atoms with Crippen LogP contribution in [0, 0.1) is 0 Å². The molecule has 30 heavy (non-hydrogen) atoms. The van der Waals surface area contributed by atoms with E-state index in [0.29, 0.717) is 11.8 Å². The number of hydrazine groups is 1. The van der Waals surface area contributed by atoms with Crippen LogP contribution in [0.4, 0.5) is 19.0 Å². The second-order valence-electron chi connectivity index (χ2n) is 6.18. The van der Waals surface area contributed by atoms with Gasteiger partial charge in [-0.1, -0.05) is 35.0 Å². The van der Waals surface area contributed by atoms with Gasteiger partial charge in [0.2, 0.25) is 0 Å². The molecule has 0 spiro atoms. The van der Waals surface area contributed by atoms with E-state index in [1.165, 1.54) is 0 Å². The molecule has 0 bridgehead atoms. The molecule has 1 aliphatic rings. The smallest absolute Gasteiger partial charge is 0.390 e. The number of pyridine rings is 1. The van der Waals surface area contributed by atoms with Gasteiger partial charge in [-0.2, -0.15) is 13.2 Å². The number of carbonyl (C=O) groups is 2. The van der Waals surface area contributed by atoms with Gasteiger partial charge in [-0.15, -0.1) is 0 Å². The van der Waals surface area contributed by atoms with Gasteiger partial charge < -0.3 is 10.2 Å². The zero-order valence-corrected chi connectivity index (χ0v) is 15.9. The van der Waals surface area contributed by atoms with Crippen LogP contribution in [0.15, 0.2) is 47.8 Å². The molecule has 1 aromatic carbocycles. The van der Waals surface area contributed by atoms with Crippen LogP contribution in [0.3, 0.4) is 0 Å². The van der Waals surface area contributed by atoms with Crippen LogP contribution in [0.1, 0.15) is 22.3 Å². The van der Waals surface area contributed by atoms with Crippen LogP contribution < -0.4 is 16.2 Å². The number of aromatic nitrogens is 1. The zero-order valence-electron chi connectivity index (χ0n) is 15.2. The summed E-state index contributed by atoms with van der Waals surface area (Å²) in [6, 6.07) is 9.04. The lowest BCUT2D eigenvalue weighted by atomic mass is 10.1. The van der Waals surface area contributed by atoms with Crippen LogP contribution >= 0.6 is 11.6 Å². The Bertz CT molecular complexity index is 969. The number of carbonyl (C=O) groups excluding carboxylic acids is 2. The fourth-order valence-corrected chi connectivity index (χ4v) is 2.69. The van der Waals surface area contributed by atoms with E-state index in [4.69, 9.17) is 16.4 Å². The number of benzene rings is 1. The van der Waals surface area contributed by atoms with Gasteiger partial charge in [0.25, 0.3) is 11.8 Å². The molecule has 1 atom stereocenters. The van der Waals surface area contributed by atoms with Crippen molar-refractivity contribution in [3.63, 3.8) is 0 Å². The summed E-state index contributed by atoms with van der Waals surface area (Å²) >= 11 is 5.82. The summed E-state index contributed by atoms with van der Waals surface area (Å²) in [5, 5.41) is 6.21. The molecule has 2 aromatic rings. The Labute approximate surface area is 173 Å². The summed E-state index contributed by atoms with van der Waals surface area (Å²) in [4.78, 5) is 32.8. The third-order valence-electron chi connectivity index (χ3n) is 3.99. The molecule has 0 unspecified atom stereocenters. The molecule has 2 heterocycles. The fourth-order valence-electron chi connectivity index (χ4n) is 2.45. The van der Waals surface area contributed by atoms with E-state index in [9.17, 15) is 22.8 Å². The van der Waals surface area contributed by atoms with Crippen molar-refractivity contribution in [1.82, 2.24) is 15.8 Å². The Kier molecular flexibility index (Phi) is 6.40. The highest BCUT2D eigenvalue weighted by Gasteiger charge is 2.32. The molecule has 3 N–H and O–H groups in total.